The molecule has 2 rings (SSSR count). The topological polar surface area (TPSA) is 63.6 Å². The van der Waals surface area contributed by atoms with Crippen LogP contribution in [0.5, 0.6) is 0 Å². The Bertz CT molecular complexity index is 759. The minimum Gasteiger partial charge on any atom is -0.478 e. The van der Waals surface area contributed by atoms with Gasteiger partial charge >= 0.3 is 11.9 Å². The van der Waals surface area contributed by atoms with Crippen molar-refractivity contribution in [3.05, 3.63) is 46.0 Å². The largest absolute Gasteiger partial charge is 0.478 e. The van der Waals surface area contributed by atoms with E-state index in [-0.39, 0.29) is 11.5 Å². The molecule has 134 valence electrons. The lowest BCUT2D eigenvalue weighted by molar-refractivity contribution is -0.138. The molecule has 0 heterocycles. The molecule has 0 fully saturated rings. The number of hydrogen-bond donors (Lipinski definition) is 2. The molecule has 0 atom stereocenters. The van der Waals surface area contributed by atoms with Crippen molar-refractivity contribution < 1.29 is 19.4 Å². The Morgan fingerprint density at radius 2 is 1.92 bits per heavy atom. The number of benzene rings is 1. The molecule has 25 heavy (non-hydrogen) atoms. The number of carbonyl (C=O) groups excluding carboxylic acids is 1. The second kappa shape index (κ2) is 8.39. The molecular formula is C20H24O4S. The van der Waals surface area contributed by atoms with Crippen molar-refractivity contribution in [1.29, 1.82) is 0 Å². The van der Waals surface area contributed by atoms with Gasteiger partial charge in [-0.15, -0.1) is 12.6 Å². The fourth-order valence-corrected chi connectivity index (χ4v) is 3.45. The van der Waals surface area contributed by atoms with Crippen LogP contribution < -0.4 is 0 Å². The number of rotatable bonds is 5. The van der Waals surface area contributed by atoms with Crippen molar-refractivity contribution in [1.82, 2.24) is 0 Å². The molecule has 1 N–H and O–H groups in total. The van der Waals surface area contributed by atoms with E-state index in [1.165, 1.54) is 0 Å². The maximum atomic E-state index is 12.3. The van der Waals surface area contributed by atoms with Crippen molar-refractivity contribution in [2.45, 2.75) is 46.5 Å². The van der Waals surface area contributed by atoms with Gasteiger partial charge in [0.1, 0.15) is 0 Å². The number of hydrogen-bond acceptors (Lipinski definition) is 4. The van der Waals surface area contributed by atoms with E-state index < -0.39 is 5.97 Å². The van der Waals surface area contributed by atoms with Crippen molar-refractivity contribution >= 4 is 35.0 Å². The highest BCUT2D eigenvalue weighted by Gasteiger charge is 2.25. The van der Waals surface area contributed by atoms with E-state index in [1.807, 2.05) is 26.0 Å². The van der Waals surface area contributed by atoms with E-state index in [1.54, 1.807) is 13.0 Å². The molecule has 0 saturated heterocycles. The van der Waals surface area contributed by atoms with Crippen molar-refractivity contribution in [2.75, 3.05) is 6.61 Å². The molecule has 0 saturated carbocycles. The fourth-order valence-electron chi connectivity index (χ4n) is 3.21. The van der Waals surface area contributed by atoms with Gasteiger partial charge in [0.25, 0.3) is 0 Å². The number of carboxylic acids is 1. The van der Waals surface area contributed by atoms with Gasteiger partial charge in [-0.2, -0.15) is 0 Å². The van der Waals surface area contributed by atoms with E-state index in [4.69, 9.17) is 4.74 Å². The van der Waals surface area contributed by atoms with Gasteiger partial charge in [-0.05, 0) is 74.8 Å². The summed E-state index contributed by atoms with van der Waals surface area (Å²) >= 11 is 4.43. The zero-order valence-corrected chi connectivity index (χ0v) is 15.8. The van der Waals surface area contributed by atoms with Crippen LogP contribution >= 0.6 is 12.6 Å². The molecule has 0 amide bonds. The van der Waals surface area contributed by atoms with Crippen LogP contribution in [0.1, 0.15) is 66.6 Å². The summed E-state index contributed by atoms with van der Waals surface area (Å²) in [5.74, 6) is -1.34. The van der Waals surface area contributed by atoms with E-state index >= 15 is 0 Å². The monoisotopic (exact) mass is 360 g/mol. The molecule has 5 heteroatoms. The minimum absolute atomic E-state index is 0.202. The average molecular weight is 360 g/mol. The van der Waals surface area contributed by atoms with Gasteiger partial charge in [0.2, 0.25) is 0 Å². The van der Waals surface area contributed by atoms with Gasteiger partial charge < -0.3 is 9.84 Å². The normalized spacial score (nSPS) is 15.3. The number of thiol groups is 1. The summed E-state index contributed by atoms with van der Waals surface area (Å²) in [5.41, 5.74) is 3.96. The Morgan fingerprint density at radius 3 is 2.52 bits per heavy atom. The lowest BCUT2D eigenvalue weighted by Gasteiger charge is -2.22. The zero-order valence-electron chi connectivity index (χ0n) is 14.9. The molecule has 0 bridgehead atoms. The van der Waals surface area contributed by atoms with Gasteiger partial charge in [-0.25, -0.2) is 9.59 Å². The van der Waals surface area contributed by atoms with E-state index in [9.17, 15) is 14.7 Å². The highest BCUT2D eigenvalue weighted by atomic mass is 32.1. The predicted molar refractivity (Wildman–Crippen MR) is 103 cm³/mol. The number of carboxylic acid groups (broad SMARTS) is 1. The maximum absolute atomic E-state index is 12.3. The number of aromatic carboxylic acids is 1. The van der Waals surface area contributed by atoms with Gasteiger partial charge in [0, 0.05) is 10.5 Å². The molecule has 0 aromatic heterocycles. The number of ether oxygens (including phenoxy) is 1. The molecule has 1 aliphatic carbocycles. The molecule has 1 aromatic rings. The predicted octanol–water partition coefficient (Wildman–Crippen LogP) is 4.87. The van der Waals surface area contributed by atoms with Gasteiger partial charge in [0.05, 0.1) is 12.2 Å². The molecule has 1 aromatic carbocycles. The lowest BCUT2D eigenvalue weighted by Crippen LogP contribution is -2.15. The summed E-state index contributed by atoms with van der Waals surface area (Å²) in [7, 11) is 0. The van der Waals surface area contributed by atoms with Crippen molar-refractivity contribution in [3.63, 3.8) is 0 Å². The Morgan fingerprint density at radius 1 is 1.24 bits per heavy atom. The first-order chi connectivity index (χ1) is 11.9. The molecule has 4 nitrogen and oxygen atoms in total. The highest BCUT2D eigenvalue weighted by Crippen LogP contribution is 2.37. The Hall–Kier alpha value is -2.01. The minimum atomic E-state index is -1.00. The van der Waals surface area contributed by atoms with Crippen molar-refractivity contribution in [2.24, 2.45) is 0 Å². The molecule has 0 unspecified atom stereocenters. The van der Waals surface area contributed by atoms with Crippen LogP contribution in [0.4, 0.5) is 0 Å². The van der Waals surface area contributed by atoms with Crippen LogP contribution in [0.2, 0.25) is 0 Å². The average Bonchev–Trinajstić information content (AvgIpc) is 2.60. The van der Waals surface area contributed by atoms with Crippen LogP contribution in [-0.4, -0.2) is 23.7 Å². The second-order valence-electron chi connectivity index (χ2n) is 6.08. The maximum Gasteiger partial charge on any atom is 0.336 e. The van der Waals surface area contributed by atoms with Crippen LogP contribution in [0, 0.1) is 6.92 Å². The molecule has 0 spiro atoms. The summed E-state index contributed by atoms with van der Waals surface area (Å²) in [4.78, 5) is 24.9. The molecule has 0 aliphatic heterocycles. The molecule has 0 radical (unpaired) electrons. The first-order valence-corrected chi connectivity index (χ1v) is 8.98. The SMILES string of the molecule is C/C=C(\S)c1cc(C(=O)O)c(C2=C(C(=O)OCC)CCCC2)cc1C. The lowest BCUT2D eigenvalue weighted by atomic mass is 9.84. The zero-order chi connectivity index (χ0) is 18.6. The third-order valence-electron chi connectivity index (χ3n) is 4.46. The van der Waals surface area contributed by atoms with Crippen LogP contribution in [-0.2, 0) is 9.53 Å². The summed E-state index contributed by atoms with van der Waals surface area (Å²) in [5, 5.41) is 9.71. The third kappa shape index (κ3) is 4.15. The third-order valence-corrected chi connectivity index (χ3v) is 4.96. The number of esters is 1. The second-order valence-corrected chi connectivity index (χ2v) is 6.56. The first-order valence-electron chi connectivity index (χ1n) is 8.53. The van der Waals surface area contributed by atoms with E-state index in [0.717, 1.165) is 34.4 Å². The van der Waals surface area contributed by atoms with Crippen LogP contribution in [0.15, 0.2) is 23.8 Å². The standard InChI is InChI=1S/C20H24O4S/c1-4-18(25)15-11-17(19(21)22)16(10-12(15)3)13-8-6-7-9-14(13)20(23)24-5-2/h4,10-11,25H,5-9H2,1-3H3,(H,21,22)/b18-4-. The van der Waals surface area contributed by atoms with E-state index in [0.29, 0.717) is 30.6 Å². The van der Waals surface area contributed by atoms with Crippen molar-refractivity contribution in [3.8, 4) is 0 Å². The number of carbonyl (C=O) groups is 2. The summed E-state index contributed by atoms with van der Waals surface area (Å²) in [6.45, 7) is 5.87. The number of allylic oxidation sites excluding steroid dienone is 2. The Balaban J connectivity index is 2.69. The van der Waals surface area contributed by atoms with E-state index in [2.05, 4.69) is 12.6 Å². The van der Waals surface area contributed by atoms with Crippen LogP contribution in [0.25, 0.3) is 10.5 Å². The van der Waals surface area contributed by atoms with Crippen LogP contribution in [0.3, 0.4) is 0 Å². The quantitative estimate of drug-likeness (QED) is 0.580. The first kappa shape index (κ1) is 19.3. The summed E-state index contributed by atoms with van der Waals surface area (Å²) in [6.07, 6.45) is 4.99. The summed E-state index contributed by atoms with van der Waals surface area (Å²) < 4.78 is 5.18. The highest BCUT2D eigenvalue weighted by molar-refractivity contribution is 7.90. The summed E-state index contributed by atoms with van der Waals surface area (Å²) in [6, 6.07) is 3.51. The molecule has 1 aliphatic rings. The Labute approximate surface area is 154 Å². The number of aryl methyl sites for hydroxylation is 1. The van der Waals surface area contributed by atoms with Gasteiger partial charge in [0.15, 0.2) is 0 Å². The Kier molecular flexibility index (Phi) is 6.48. The fraction of sp³-hybridized carbons (Fsp3) is 0.400. The smallest absolute Gasteiger partial charge is 0.336 e. The van der Waals surface area contributed by atoms with Gasteiger partial charge in [-0.1, -0.05) is 12.1 Å². The molecular weight excluding hydrogens is 336 g/mol. The van der Waals surface area contributed by atoms with Gasteiger partial charge in [-0.3, -0.25) is 0 Å².